The molecule has 2 atom stereocenters. The second-order valence-electron chi connectivity index (χ2n) is 5.73. The molecule has 0 aromatic heterocycles. The first-order valence-electron chi connectivity index (χ1n) is 7.27. The molecule has 2 rings (SSSR count). The number of nitrogens with zero attached hydrogens (tertiary/aromatic N) is 1. The Labute approximate surface area is 136 Å². The molecule has 118 valence electrons. The van der Waals surface area contributed by atoms with Crippen molar-refractivity contribution in [1.29, 1.82) is 5.26 Å². The highest BCUT2D eigenvalue weighted by molar-refractivity contribution is 5.86. The molecule has 4 nitrogen and oxygen atoms in total. The van der Waals surface area contributed by atoms with Crippen LogP contribution < -0.4 is 4.74 Å². The quantitative estimate of drug-likeness (QED) is 0.862. The number of carbonyl (C=O) groups is 1. The summed E-state index contributed by atoms with van der Waals surface area (Å²) in [5, 5.41) is 18.8. The van der Waals surface area contributed by atoms with Gasteiger partial charge in [0.1, 0.15) is 5.75 Å². The molecule has 1 aromatic carbocycles. The first-order valence-corrected chi connectivity index (χ1v) is 7.27. The number of benzene rings is 1. The van der Waals surface area contributed by atoms with Crippen molar-refractivity contribution in [2.24, 2.45) is 5.92 Å². The van der Waals surface area contributed by atoms with Crippen LogP contribution in [-0.4, -0.2) is 18.2 Å². The molecule has 4 heteroatoms. The SMILES string of the molecule is COc1ccc(C2(C)C=CC=C(C=C(C)C(=O)O)C2C#N)cc1. The van der Waals surface area contributed by atoms with Gasteiger partial charge in [0, 0.05) is 11.0 Å². The van der Waals surface area contributed by atoms with Crippen molar-refractivity contribution in [1.82, 2.24) is 0 Å². The van der Waals surface area contributed by atoms with E-state index >= 15 is 0 Å². The normalized spacial score (nSPS) is 23.8. The fraction of sp³-hybridized carbons (Fsp3) is 0.263. The molecule has 0 heterocycles. The number of allylic oxidation sites excluding steroid dienone is 5. The van der Waals surface area contributed by atoms with Crippen LogP contribution in [0, 0.1) is 17.2 Å². The van der Waals surface area contributed by atoms with Crippen LogP contribution in [0.4, 0.5) is 0 Å². The molecule has 1 aliphatic carbocycles. The first kappa shape index (κ1) is 16.6. The number of aliphatic carboxylic acids is 1. The third-order valence-corrected chi connectivity index (χ3v) is 4.23. The lowest BCUT2D eigenvalue weighted by Crippen LogP contribution is -2.32. The van der Waals surface area contributed by atoms with Gasteiger partial charge in [-0.1, -0.05) is 37.3 Å². The third-order valence-electron chi connectivity index (χ3n) is 4.23. The van der Waals surface area contributed by atoms with Gasteiger partial charge in [0.25, 0.3) is 0 Å². The lowest BCUT2D eigenvalue weighted by molar-refractivity contribution is -0.132. The smallest absolute Gasteiger partial charge is 0.331 e. The molecule has 0 saturated carbocycles. The number of methoxy groups -OCH3 is 1. The van der Waals surface area contributed by atoms with E-state index in [2.05, 4.69) is 6.07 Å². The number of nitriles is 1. The average Bonchev–Trinajstić information content (AvgIpc) is 2.55. The zero-order valence-electron chi connectivity index (χ0n) is 13.4. The standard InChI is InChI=1S/C19H19NO3/c1-13(18(21)22)11-14-5-4-10-19(2,17(14)12-20)15-6-8-16(23-3)9-7-15/h4-11,17H,1-3H3,(H,21,22). The highest BCUT2D eigenvalue weighted by atomic mass is 16.5. The van der Waals surface area contributed by atoms with Crippen molar-refractivity contribution in [2.75, 3.05) is 7.11 Å². The van der Waals surface area contributed by atoms with Crippen molar-refractivity contribution in [3.05, 3.63) is 65.3 Å². The summed E-state index contributed by atoms with van der Waals surface area (Å²) in [6, 6.07) is 9.92. The molecule has 23 heavy (non-hydrogen) atoms. The van der Waals surface area contributed by atoms with Gasteiger partial charge in [-0.3, -0.25) is 0 Å². The first-order chi connectivity index (χ1) is 10.9. The predicted molar refractivity (Wildman–Crippen MR) is 88.1 cm³/mol. The summed E-state index contributed by atoms with van der Waals surface area (Å²) < 4.78 is 5.17. The number of rotatable bonds is 4. The summed E-state index contributed by atoms with van der Waals surface area (Å²) in [7, 11) is 1.61. The molecule has 1 aliphatic rings. The molecule has 0 saturated heterocycles. The summed E-state index contributed by atoms with van der Waals surface area (Å²) in [6.45, 7) is 3.51. The van der Waals surface area contributed by atoms with Crippen LogP contribution in [0.1, 0.15) is 19.4 Å². The maximum atomic E-state index is 11.1. The van der Waals surface area contributed by atoms with Crippen LogP contribution in [0.25, 0.3) is 0 Å². The molecule has 0 spiro atoms. The van der Waals surface area contributed by atoms with Gasteiger partial charge in [0.2, 0.25) is 0 Å². The van der Waals surface area contributed by atoms with Crippen LogP contribution in [0.5, 0.6) is 5.75 Å². The Morgan fingerprint density at radius 3 is 2.57 bits per heavy atom. The Morgan fingerprint density at radius 1 is 1.39 bits per heavy atom. The van der Waals surface area contributed by atoms with Gasteiger partial charge in [0.05, 0.1) is 19.1 Å². The molecular formula is C19H19NO3. The molecule has 0 bridgehead atoms. The van der Waals surface area contributed by atoms with Crippen LogP contribution in [-0.2, 0) is 10.2 Å². The number of carboxylic acids is 1. The topological polar surface area (TPSA) is 70.3 Å². The predicted octanol–water partition coefficient (Wildman–Crippen LogP) is 3.62. The van der Waals surface area contributed by atoms with Crippen LogP contribution in [0.3, 0.4) is 0 Å². The van der Waals surface area contributed by atoms with Gasteiger partial charge in [-0.05, 0) is 36.3 Å². The van der Waals surface area contributed by atoms with Crippen molar-refractivity contribution in [2.45, 2.75) is 19.3 Å². The third kappa shape index (κ3) is 3.19. The molecule has 0 amide bonds. The largest absolute Gasteiger partial charge is 0.497 e. The van der Waals surface area contributed by atoms with Crippen molar-refractivity contribution >= 4 is 5.97 Å². The number of carboxylic acid groups (broad SMARTS) is 1. The van der Waals surface area contributed by atoms with Gasteiger partial charge in [-0.25, -0.2) is 4.79 Å². The fourth-order valence-electron chi connectivity index (χ4n) is 2.76. The average molecular weight is 309 g/mol. The zero-order chi connectivity index (χ0) is 17.0. The maximum Gasteiger partial charge on any atom is 0.331 e. The second kappa shape index (κ2) is 6.53. The van der Waals surface area contributed by atoms with E-state index in [0.717, 1.165) is 11.3 Å². The van der Waals surface area contributed by atoms with E-state index in [4.69, 9.17) is 9.84 Å². The minimum absolute atomic E-state index is 0.212. The van der Waals surface area contributed by atoms with Gasteiger partial charge in [-0.15, -0.1) is 0 Å². The van der Waals surface area contributed by atoms with E-state index in [1.54, 1.807) is 19.3 Å². The maximum absolute atomic E-state index is 11.1. The zero-order valence-corrected chi connectivity index (χ0v) is 13.4. The Morgan fingerprint density at radius 2 is 2.04 bits per heavy atom. The van der Waals surface area contributed by atoms with E-state index in [1.165, 1.54) is 6.92 Å². The Hall–Kier alpha value is -2.80. The van der Waals surface area contributed by atoms with E-state index in [1.807, 2.05) is 43.3 Å². The van der Waals surface area contributed by atoms with Crippen molar-refractivity contribution in [3.63, 3.8) is 0 Å². The Bertz CT molecular complexity index is 735. The summed E-state index contributed by atoms with van der Waals surface area (Å²) in [4.78, 5) is 11.1. The van der Waals surface area contributed by atoms with Gasteiger partial charge in [-0.2, -0.15) is 5.26 Å². The molecule has 1 N–H and O–H groups in total. The highest BCUT2D eigenvalue weighted by Gasteiger charge is 2.37. The number of hydrogen-bond acceptors (Lipinski definition) is 3. The van der Waals surface area contributed by atoms with E-state index < -0.39 is 17.3 Å². The van der Waals surface area contributed by atoms with Gasteiger partial charge in [0.15, 0.2) is 0 Å². The summed E-state index contributed by atoms with van der Waals surface area (Å²) in [5.41, 5.74) is 1.37. The van der Waals surface area contributed by atoms with E-state index in [-0.39, 0.29) is 5.57 Å². The second-order valence-corrected chi connectivity index (χ2v) is 5.73. The number of hydrogen-bond donors (Lipinski definition) is 1. The van der Waals surface area contributed by atoms with E-state index in [0.29, 0.717) is 5.57 Å². The Balaban J connectivity index is 2.45. The number of ether oxygens (including phenoxy) is 1. The fourth-order valence-corrected chi connectivity index (χ4v) is 2.76. The Kier molecular flexibility index (Phi) is 4.71. The van der Waals surface area contributed by atoms with Crippen LogP contribution >= 0.6 is 0 Å². The van der Waals surface area contributed by atoms with Crippen LogP contribution in [0.2, 0.25) is 0 Å². The highest BCUT2D eigenvalue weighted by Crippen LogP contribution is 2.41. The lowest BCUT2D eigenvalue weighted by atomic mass is 9.67. The van der Waals surface area contributed by atoms with Gasteiger partial charge >= 0.3 is 5.97 Å². The monoisotopic (exact) mass is 309 g/mol. The molecule has 0 aliphatic heterocycles. The minimum atomic E-state index is -0.983. The summed E-state index contributed by atoms with van der Waals surface area (Å²) >= 11 is 0. The van der Waals surface area contributed by atoms with Crippen molar-refractivity contribution < 1.29 is 14.6 Å². The molecular weight excluding hydrogens is 290 g/mol. The summed E-state index contributed by atoms with van der Waals surface area (Å²) in [5.74, 6) is -0.693. The van der Waals surface area contributed by atoms with Crippen LogP contribution in [0.15, 0.2) is 59.7 Å². The van der Waals surface area contributed by atoms with Gasteiger partial charge < -0.3 is 9.84 Å². The molecule has 1 aromatic rings. The van der Waals surface area contributed by atoms with Crippen molar-refractivity contribution in [3.8, 4) is 11.8 Å². The minimum Gasteiger partial charge on any atom is -0.497 e. The molecule has 2 unspecified atom stereocenters. The van der Waals surface area contributed by atoms with E-state index in [9.17, 15) is 10.1 Å². The summed E-state index contributed by atoms with van der Waals surface area (Å²) in [6.07, 6.45) is 7.22. The molecule has 0 radical (unpaired) electrons. The lowest BCUT2D eigenvalue weighted by Gasteiger charge is -2.34. The molecule has 0 fully saturated rings.